The number of nitrogens with zero attached hydrogens (tertiary/aromatic N) is 1. The van der Waals surface area contributed by atoms with Gasteiger partial charge >= 0.3 is 0 Å². The van der Waals surface area contributed by atoms with Crippen LogP contribution in [0.4, 0.5) is 5.82 Å². The van der Waals surface area contributed by atoms with Crippen LogP contribution in [0.1, 0.15) is 15.2 Å². The molecule has 0 aliphatic carbocycles. The van der Waals surface area contributed by atoms with Crippen LogP contribution >= 0.6 is 22.9 Å². The number of aryl methyl sites for hydroxylation is 1. The fraction of sp³-hybridized carbons (Fsp3) is 0.0909. The number of amides is 1. The average molecular weight is 253 g/mol. The summed E-state index contributed by atoms with van der Waals surface area (Å²) in [5, 5.41) is 2.74. The number of thiophene rings is 1. The van der Waals surface area contributed by atoms with Crippen LogP contribution in [0.3, 0.4) is 0 Å². The molecule has 1 N–H and O–H groups in total. The third kappa shape index (κ3) is 2.40. The molecule has 0 unspecified atom stereocenters. The molecule has 0 atom stereocenters. The van der Waals surface area contributed by atoms with E-state index >= 15 is 0 Å². The van der Waals surface area contributed by atoms with Crippen molar-refractivity contribution in [2.75, 3.05) is 5.32 Å². The SMILES string of the molecule is Cc1cccnc1NC(=O)c1ccc(Cl)s1. The van der Waals surface area contributed by atoms with Crippen LogP contribution in [0.25, 0.3) is 0 Å². The maximum atomic E-state index is 11.8. The highest BCUT2D eigenvalue weighted by Gasteiger charge is 2.10. The highest BCUT2D eigenvalue weighted by molar-refractivity contribution is 7.18. The number of carbonyl (C=O) groups is 1. The highest BCUT2D eigenvalue weighted by atomic mass is 35.5. The van der Waals surface area contributed by atoms with Gasteiger partial charge in [0.15, 0.2) is 0 Å². The topological polar surface area (TPSA) is 42.0 Å². The molecule has 2 aromatic rings. The molecule has 2 aromatic heterocycles. The zero-order chi connectivity index (χ0) is 11.5. The maximum absolute atomic E-state index is 11.8. The van der Waals surface area contributed by atoms with Gasteiger partial charge in [-0.15, -0.1) is 11.3 Å². The van der Waals surface area contributed by atoms with Crippen molar-refractivity contribution in [2.24, 2.45) is 0 Å². The van der Waals surface area contributed by atoms with Crippen LogP contribution in [-0.4, -0.2) is 10.9 Å². The van der Waals surface area contributed by atoms with Crippen molar-refractivity contribution in [1.82, 2.24) is 4.98 Å². The Balaban J connectivity index is 2.17. The van der Waals surface area contributed by atoms with Crippen LogP contribution in [0.15, 0.2) is 30.5 Å². The second kappa shape index (κ2) is 4.63. The lowest BCUT2D eigenvalue weighted by Gasteiger charge is -2.04. The molecule has 1 amide bonds. The first-order valence-electron chi connectivity index (χ1n) is 4.65. The Morgan fingerprint density at radius 2 is 2.25 bits per heavy atom. The van der Waals surface area contributed by atoms with Crippen molar-refractivity contribution in [1.29, 1.82) is 0 Å². The summed E-state index contributed by atoms with van der Waals surface area (Å²) in [6.07, 6.45) is 1.64. The maximum Gasteiger partial charge on any atom is 0.266 e. The fourth-order valence-corrected chi connectivity index (χ4v) is 2.16. The van der Waals surface area contributed by atoms with E-state index in [0.717, 1.165) is 5.56 Å². The smallest absolute Gasteiger partial charge is 0.266 e. The van der Waals surface area contributed by atoms with E-state index in [0.29, 0.717) is 15.0 Å². The van der Waals surface area contributed by atoms with Gasteiger partial charge in [-0.25, -0.2) is 4.98 Å². The van der Waals surface area contributed by atoms with E-state index < -0.39 is 0 Å². The van der Waals surface area contributed by atoms with E-state index in [4.69, 9.17) is 11.6 Å². The van der Waals surface area contributed by atoms with Crippen LogP contribution in [0.5, 0.6) is 0 Å². The molecular formula is C11H9ClN2OS. The predicted molar refractivity (Wildman–Crippen MR) is 66.3 cm³/mol. The summed E-state index contributed by atoms with van der Waals surface area (Å²) in [7, 11) is 0. The molecule has 5 heteroatoms. The number of halogens is 1. The van der Waals surface area contributed by atoms with Gasteiger partial charge in [-0.1, -0.05) is 17.7 Å². The Morgan fingerprint density at radius 1 is 1.44 bits per heavy atom. The lowest BCUT2D eigenvalue weighted by atomic mass is 10.3. The van der Waals surface area contributed by atoms with Gasteiger partial charge in [-0.3, -0.25) is 4.79 Å². The van der Waals surface area contributed by atoms with Crippen molar-refractivity contribution < 1.29 is 4.79 Å². The van der Waals surface area contributed by atoms with Gasteiger partial charge in [-0.2, -0.15) is 0 Å². The number of carbonyl (C=O) groups excluding carboxylic acids is 1. The highest BCUT2D eigenvalue weighted by Crippen LogP contribution is 2.22. The molecule has 2 heterocycles. The standard InChI is InChI=1S/C11H9ClN2OS/c1-7-3-2-6-13-10(7)14-11(15)8-4-5-9(12)16-8/h2-6H,1H3,(H,13,14,15). The lowest BCUT2D eigenvalue weighted by Crippen LogP contribution is -2.12. The number of aromatic nitrogens is 1. The summed E-state index contributed by atoms with van der Waals surface area (Å²) in [4.78, 5) is 16.4. The van der Waals surface area contributed by atoms with Gasteiger partial charge in [-0.05, 0) is 30.7 Å². The molecule has 0 saturated heterocycles. The summed E-state index contributed by atoms with van der Waals surface area (Å²) in [6, 6.07) is 7.12. The molecule has 0 aliphatic rings. The molecule has 82 valence electrons. The van der Waals surface area contributed by atoms with Gasteiger partial charge in [0.05, 0.1) is 9.21 Å². The number of anilines is 1. The summed E-state index contributed by atoms with van der Waals surface area (Å²) in [5.41, 5.74) is 0.929. The quantitative estimate of drug-likeness (QED) is 0.891. The predicted octanol–water partition coefficient (Wildman–Crippen LogP) is 3.36. The van der Waals surface area contributed by atoms with Crippen molar-refractivity contribution in [3.63, 3.8) is 0 Å². The van der Waals surface area contributed by atoms with E-state index in [1.165, 1.54) is 11.3 Å². The Hall–Kier alpha value is -1.39. The first-order chi connectivity index (χ1) is 7.66. The summed E-state index contributed by atoms with van der Waals surface area (Å²) < 4.78 is 0.600. The minimum atomic E-state index is -0.182. The van der Waals surface area contributed by atoms with Gasteiger partial charge in [0.25, 0.3) is 5.91 Å². The van der Waals surface area contributed by atoms with Gasteiger partial charge < -0.3 is 5.32 Å². The number of hydrogen-bond donors (Lipinski definition) is 1. The number of pyridine rings is 1. The van der Waals surface area contributed by atoms with E-state index in [1.54, 1.807) is 18.3 Å². The molecule has 0 aliphatic heterocycles. The second-order valence-electron chi connectivity index (χ2n) is 3.23. The Morgan fingerprint density at radius 3 is 2.88 bits per heavy atom. The van der Waals surface area contributed by atoms with Crippen LogP contribution in [-0.2, 0) is 0 Å². The molecule has 3 nitrogen and oxygen atoms in total. The molecule has 0 saturated carbocycles. The number of hydrogen-bond acceptors (Lipinski definition) is 3. The lowest BCUT2D eigenvalue weighted by molar-refractivity contribution is 0.103. The van der Waals surface area contributed by atoms with Crippen LogP contribution in [0, 0.1) is 6.92 Å². The molecule has 0 fully saturated rings. The molecular weight excluding hydrogens is 244 g/mol. The first-order valence-corrected chi connectivity index (χ1v) is 5.84. The molecule has 0 bridgehead atoms. The van der Waals surface area contributed by atoms with Crippen molar-refractivity contribution in [3.05, 3.63) is 45.2 Å². The van der Waals surface area contributed by atoms with E-state index in [-0.39, 0.29) is 5.91 Å². The summed E-state index contributed by atoms with van der Waals surface area (Å²) >= 11 is 7.01. The van der Waals surface area contributed by atoms with Gasteiger partial charge in [0.1, 0.15) is 5.82 Å². The summed E-state index contributed by atoms with van der Waals surface area (Å²) in [6.45, 7) is 1.89. The normalized spacial score (nSPS) is 10.1. The summed E-state index contributed by atoms with van der Waals surface area (Å²) in [5.74, 6) is 0.399. The minimum Gasteiger partial charge on any atom is -0.306 e. The molecule has 16 heavy (non-hydrogen) atoms. The van der Waals surface area contributed by atoms with Crippen molar-refractivity contribution in [2.45, 2.75) is 6.92 Å². The average Bonchev–Trinajstić information content (AvgIpc) is 2.68. The second-order valence-corrected chi connectivity index (χ2v) is 4.94. The van der Waals surface area contributed by atoms with Gasteiger partial charge in [0, 0.05) is 6.20 Å². The largest absolute Gasteiger partial charge is 0.306 e. The number of nitrogens with one attached hydrogen (secondary N) is 1. The monoisotopic (exact) mass is 252 g/mol. The van der Waals surface area contributed by atoms with E-state index in [9.17, 15) is 4.79 Å². The zero-order valence-corrected chi connectivity index (χ0v) is 10.1. The Kier molecular flexibility index (Phi) is 3.22. The molecule has 2 rings (SSSR count). The fourth-order valence-electron chi connectivity index (χ4n) is 1.22. The molecule has 0 aromatic carbocycles. The van der Waals surface area contributed by atoms with Crippen molar-refractivity contribution in [3.8, 4) is 0 Å². The number of rotatable bonds is 2. The van der Waals surface area contributed by atoms with E-state index in [1.807, 2.05) is 19.1 Å². The molecule has 0 spiro atoms. The van der Waals surface area contributed by atoms with Crippen LogP contribution < -0.4 is 5.32 Å². The zero-order valence-electron chi connectivity index (χ0n) is 8.53. The third-order valence-corrected chi connectivity index (χ3v) is 3.27. The first kappa shape index (κ1) is 11.1. The van der Waals surface area contributed by atoms with Gasteiger partial charge in [0.2, 0.25) is 0 Å². The van der Waals surface area contributed by atoms with E-state index in [2.05, 4.69) is 10.3 Å². The minimum absolute atomic E-state index is 0.182. The third-order valence-electron chi connectivity index (χ3n) is 2.04. The Labute approximate surface area is 102 Å². The Bertz CT molecular complexity index is 524. The van der Waals surface area contributed by atoms with Crippen LogP contribution in [0.2, 0.25) is 4.34 Å². The molecule has 0 radical (unpaired) electrons. The van der Waals surface area contributed by atoms with Crippen molar-refractivity contribution >= 4 is 34.7 Å².